The molecule has 0 aromatic heterocycles. The lowest BCUT2D eigenvalue weighted by Gasteiger charge is -2.23. The van der Waals surface area contributed by atoms with Crippen LogP contribution in [0, 0.1) is 0 Å². The lowest BCUT2D eigenvalue weighted by atomic mass is 9.98. The molecule has 0 amide bonds. The number of alkyl halides is 3. The Kier molecular flexibility index (Phi) is 2.77. The van der Waals surface area contributed by atoms with Crippen molar-refractivity contribution >= 4 is 15.9 Å². The number of hydrogen-bond acceptors (Lipinski definition) is 2. The Morgan fingerprint density at radius 1 is 1.38 bits per heavy atom. The zero-order valence-corrected chi connectivity index (χ0v) is 9.65. The smallest absolute Gasteiger partial charge is 0.420 e. The van der Waals surface area contributed by atoms with Gasteiger partial charge in [0.2, 0.25) is 0 Å². The van der Waals surface area contributed by atoms with E-state index in [1.54, 1.807) is 0 Å². The SMILES string of the molecule is Oc1c(Br)cc2c(c1C(F)(F)F)CCCO2. The Bertz CT molecular complexity index is 429. The number of phenolic OH excluding ortho intramolecular Hbond substituents is 1. The van der Waals surface area contributed by atoms with Crippen LogP contribution in [0.2, 0.25) is 0 Å². The fourth-order valence-corrected chi connectivity index (χ4v) is 2.18. The molecule has 88 valence electrons. The summed E-state index contributed by atoms with van der Waals surface area (Å²) in [6, 6.07) is 1.37. The highest BCUT2D eigenvalue weighted by Crippen LogP contribution is 2.46. The van der Waals surface area contributed by atoms with E-state index >= 15 is 0 Å². The van der Waals surface area contributed by atoms with E-state index in [0.717, 1.165) is 0 Å². The molecule has 1 aliphatic heterocycles. The standard InChI is InChI=1S/C10H8BrF3O2/c11-6-4-7-5(2-1-3-16-7)8(9(6)15)10(12,13)14/h4,15H,1-3H2. The van der Waals surface area contributed by atoms with Gasteiger partial charge in [-0.3, -0.25) is 0 Å². The molecule has 16 heavy (non-hydrogen) atoms. The summed E-state index contributed by atoms with van der Waals surface area (Å²) in [6.45, 7) is 0.404. The lowest BCUT2D eigenvalue weighted by molar-refractivity contribution is -0.139. The van der Waals surface area contributed by atoms with Crippen molar-refractivity contribution in [2.75, 3.05) is 6.61 Å². The molecule has 0 unspecified atom stereocenters. The van der Waals surface area contributed by atoms with Crippen LogP contribution in [-0.2, 0) is 12.6 Å². The van der Waals surface area contributed by atoms with Crippen LogP contribution >= 0.6 is 15.9 Å². The van der Waals surface area contributed by atoms with E-state index in [1.165, 1.54) is 6.07 Å². The zero-order chi connectivity index (χ0) is 11.9. The molecule has 0 atom stereocenters. The number of fused-ring (bicyclic) bond motifs is 1. The molecule has 0 saturated carbocycles. The van der Waals surface area contributed by atoms with E-state index < -0.39 is 17.5 Å². The van der Waals surface area contributed by atoms with Crippen molar-refractivity contribution in [3.63, 3.8) is 0 Å². The summed E-state index contributed by atoms with van der Waals surface area (Å²) in [4.78, 5) is 0. The van der Waals surface area contributed by atoms with Crippen LogP contribution in [0.1, 0.15) is 17.5 Å². The second-order valence-corrected chi connectivity index (χ2v) is 4.36. The highest BCUT2D eigenvalue weighted by Gasteiger charge is 2.39. The molecule has 1 N–H and O–H groups in total. The number of phenols is 1. The van der Waals surface area contributed by atoms with Crippen molar-refractivity contribution < 1.29 is 23.0 Å². The van der Waals surface area contributed by atoms with Crippen molar-refractivity contribution in [3.8, 4) is 11.5 Å². The van der Waals surface area contributed by atoms with E-state index in [2.05, 4.69) is 15.9 Å². The summed E-state index contributed by atoms with van der Waals surface area (Å²) in [5.74, 6) is -0.569. The summed E-state index contributed by atoms with van der Waals surface area (Å²) >= 11 is 2.89. The first-order valence-electron chi connectivity index (χ1n) is 4.65. The van der Waals surface area contributed by atoms with Gasteiger partial charge in [-0.15, -0.1) is 0 Å². The van der Waals surface area contributed by atoms with Crippen LogP contribution in [0.3, 0.4) is 0 Å². The minimum atomic E-state index is -4.57. The number of halogens is 4. The Morgan fingerprint density at radius 3 is 2.69 bits per heavy atom. The topological polar surface area (TPSA) is 29.5 Å². The first-order valence-corrected chi connectivity index (χ1v) is 5.45. The summed E-state index contributed by atoms with van der Waals surface area (Å²) in [6.07, 6.45) is -3.78. The molecular formula is C10H8BrF3O2. The monoisotopic (exact) mass is 296 g/mol. The maximum atomic E-state index is 12.8. The van der Waals surface area contributed by atoms with Crippen LogP contribution in [-0.4, -0.2) is 11.7 Å². The number of hydrogen-bond donors (Lipinski definition) is 1. The maximum absolute atomic E-state index is 12.8. The molecule has 2 rings (SSSR count). The van der Waals surface area contributed by atoms with Crippen LogP contribution < -0.4 is 4.74 Å². The molecule has 1 aromatic rings. The van der Waals surface area contributed by atoms with Crippen LogP contribution in [0.25, 0.3) is 0 Å². The normalized spacial score (nSPS) is 15.5. The minimum absolute atomic E-state index is 0.000440. The van der Waals surface area contributed by atoms with Crippen LogP contribution in [0.5, 0.6) is 11.5 Å². The zero-order valence-electron chi connectivity index (χ0n) is 8.07. The Hall–Kier alpha value is -0.910. The third-order valence-corrected chi connectivity index (χ3v) is 3.04. The van der Waals surface area contributed by atoms with Gasteiger partial charge in [0.15, 0.2) is 0 Å². The van der Waals surface area contributed by atoms with E-state index in [9.17, 15) is 18.3 Å². The van der Waals surface area contributed by atoms with Crippen LogP contribution in [0.15, 0.2) is 10.5 Å². The second kappa shape index (κ2) is 3.84. The summed E-state index contributed by atoms with van der Waals surface area (Å²) in [5, 5.41) is 9.47. The Morgan fingerprint density at radius 2 is 2.06 bits per heavy atom. The number of ether oxygens (including phenoxy) is 1. The minimum Gasteiger partial charge on any atom is -0.506 e. The van der Waals surface area contributed by atoms with Gasteiger partial charge in [-0.1, -0.05) is 0 Å². The van der Waals surface area contributed by atoms with Gasteiger partial charge in [-0.2, -0.15) is 13.2 Å². The Labute approximate surface area is 98.2 Å². The average Bonchev–Trinajstić information content (AvgIpc) is 2.17. The molecule has 0 radical (unpaired) electrons. The largest absolute Gasteiger partial charge is 0.506 e. The molecule has 0 saturated heterocycles. The van der Waals surface area contributed by atoms with E-state index in [4.69, 9.17) is 4.74 Å². The molecule has 1 aliphatic rings. The lowest BCUT2D eigenvalue weighted by Crippen LogP contribution is -2.16. The van der Waals surface area contributed by atoms with Gasteiger partial charge in [-0.25, -0.2) is 0 Å². The highest BCUT2D eigenvalue weighted by molar-refractivity contribution is 9.10. The van der Waals surface area contributed by atoms with E-state index in [-0.39, 0.29) is 22.2 Å². The van der Waals surface area contributed by atoms with Gasteiger partial charge in [0, 0.05) is 5.56 Å². The van der Waals surface area contributed by atoms with Crippen LogP contribution in [0.4, 0.5) is 13.2 Å². The molecule has 2 nitrogen and oxygen atoms in total. The highest BCUT2D eigenvalue weighted by atomic mass is 79.9. The number of rotatable bonds is 0. The molecule has 1 aromatic carbocycles. The van der Waals surface area contributed by atoms with Gasteiger partial charge in [0.1, 0.15) is 17.1 Å². The first-order chi connectivity index (χ1) is 7.41. The van der Waals surface area contributed by atoms with Gasteiger partial charge >= 0.3 is 6.18 Å². The van der Waals surface area contributed by atoms with Gasteiger partial charge in [0.25, 0.3) is 0 Å². The third-order valence-electron chi connectivity index (χ3n) is 2.43. The fourth-order valence-electron chi connectivity index (χ4n) is 1.77. The molecule has 0 bridgehead atoms. The maximum Gasteiger partial charge on any atom is 0.420 e. The van der Waals surface area contributed by atoms with Gasteiger partial charge in [-0.05, 0) is 34.8 Å². The molecule has 0 spiro atoms. The fraction of sp³-hybridized carbons (Fsp3) is 0.400. The van der Waals surface area contributed by atoms with Crippen molar-refractivity contribution in [2.45, 2.75) is 19.0 Å². The van der Waals surface area contributed by atoms with Gasteiger partial charge < -0.3 is 9.84 Å². The molecular weight excluding hydrogens is 289 g/mol. The summed E-state index contributed by atoms with van der Waals surface area (Å²) < 4.78 is 43.5. The number of aromatic hydroxyl groups is 1. The molecule has 0 fully saturated rings. The van der Waals surface area contributed by atoms with Crippen molar-refractivity contribution in [3.05, 3.63) is 21.7 Å². The summed E-state index contributed by atoms with van der Waals surface area (Å²) in [5.41, 5.74) is -0.948. The molecule has 6 heteroatoms. The van der Waals surface area contributed by atoms with Crippen molar-refractivity contribution in [1.29, 1.82) is 0 Å². The quantitative estimate of drug-likeness (QED) is 0.794. The molecule has 0 aliphatic carbocycles. The van der Waals surface area contributed by atoms with E-state index in [1.807, 2.05) is 0 Å². The first kappa shape index (κ1) is 11.6. The average molecular weight is 297 g/mol. The van der Waals surface area contributed by atoms with Crippen molar-refractivity contribution in [2.24, 2.45) is 0 Å². The third kappa shape index (κ3) is 1.86. The van der Waals surface area contributed by atoms with Gasteiger partial charge in [0.05, 0.1) is 11.1 Å². The summed E-state index contributed by atoms with van der Waals surface area (Å²) in [7, 11) is 0. The second-order valence-electron chi connectivity index (χ2n) is 3.51. The Balaban J connectivity index is 2.69. The predicted molar refractivity (Wildman–Crippen MR) is 54.6 cm³/mol. The molecule has 1 heterocycles. The van der Waals surface area contributed by atoms with E-state index in [0.29, 0.717) is 13.0 Å². The predicted octanol–water partition coefficient (Wildman–Crippen LogP) is 3.50. The number of benzene rings is 1. The van der Waals surface area contributed by atoms with Crippen molar-refractivity contribution in [1.82, 2.24) is 0 Å².